The first-order valence-corrected chi connectivity index (χ1v) is 9.60. The predicted octanol–water partition coefficient (Wildman–Crippen LogP) is 4.93. The number of hydrogen-bond acceptors (Lipinski definition) is 3. The molecule has 2 aromatic rings. The topological polar surface area (TPSA) is 47.4 Å². The number of halogens is 1. The quantitative estimate of drug-likeness (QED) is 0.677. The van der Waals surface area contributed by atoms with Crippen LogP contribution in [-0.2, 0) is 11.2 Å². The molecule has 0 N–H and O–H groups in total. The van der Waals surface area contributed by atoms with E-state index in [1.54, 1.807) is 4.90 Å². The minimum atomic E-state index is -0.461. The van der Waals surface area contributed by atoms with Crippen LogP contribution in [0.2, 0.25) is 0 Å². The van der Waals surface area contributed by atoms with Crippen LogP contribution in [0, 0.1) is 0 Å². The van der Waals surface area contributed by atoms with Crippen LogP contribution < -0.4 is 0 Å². The third-order valence-corrected chi connectivity index (χ3v) is 5.26. The number of rotatable bonds is 3. The second-order valence-electron chi connectivity index (χ2n) is 7.79. The molecule has 0 bridgehead atoms. The zero-order valence-electron chi connectivity index (χ0n) is 15.5. The number of ether oxygens (including phenoxy) is 1. The van der Waals surface area contributed by atoms with E-state index in [1.165, 1.54) is 10.9 Å². The van der Waals surface area contributed by atoms with Crippen LogP contribution in [0.3, 0.4) is 0 Å². The summed E-state index contributed by atoms with van der Waals surface area (Å²) in [5.74, 6) is 0. The highest BCUT2D eigenvalue weighted by Gasteiger charge is 2.37. The maximum absolute atomic E-state index is 12.2. The zero-order chi connectivity index (χ0) is 18.4. The molecule has 2 heterocycles. The van der Waals surface area contributed by atoms with Crippen molar-refractivity contribution in [3.8, 4) is 0 Å². The standard InChI is InChI=1S/C19H26BrN3O2/c1-6-12-11-23(17-15(12)7-8-16(20)21-17)14-9-13(10-14)22(5)18(24)25-19(2,3)4/h7-8,11,13-14H,6,9-10H2,1-5H3. The third-order valence-electron chi connectivity index (χ3n) is 4.82. The van der Waals surface area contributed by atoms with Gasteiger partial charge in [-0.1, -0.05) is 6.92 Å². The molecule has 0 radical (unpaired) electrons. The number of nitrogens with zero attached hydrogens (tertiary/aromatic N) is 3. The summed E-state index contributed by atoms with van der Waals surface area (Å²) >= 11 is 3.47. The van der Waals surface area contributed by atoms with Gasteiger partial charge in [-0.25, -0.2) is 9.78 Å². The fourth-order valence-electron chi connectivity index (χ4n) is 3.32. The van der Waals surface area contributed by atoms with Gasteiger partial charge in [0.15, 0.2) is 0 Å². The molecule has 1 aliphatic carbocycles. The average Bonchev–Trinajstić information content (AvgIpc) is 2.81. The molecule has 0 saturated heterocycles. The SMILES string of the molecule is CCc1cn(C2CC(N(C)C(=O)OC(C)(C)C)C2)c2nc(Br)ccc12. The Morgan fingerprint density at radius 2 is 2.08 bits per heavy atom. The van der Waals surface area contributed by atoms with Gasteiger partial charge in [-0.05, 0) is 73.7 Å². The summed E-state index contributed by atoms with van der Waals surface area (Å²) in [6.07, 6.45) is 4.82. The lowest BCUT2D eigenvalue weighted by Gasteiger charge is -2.42. The molecule has 6 heteroatoms. The number of aryl methyl sites for hydroxylation is 1. The Hall–Kier alpha value is -1.56. The lowest BCUT2D eigenvalue weighted by atomic mass is 9.85. The van der Waals surface area contributed by atoms with E-state index < -0.39 is 5.60 Å². The Morgan fingerprint density at radius 1 is 1.40 bits per heavy atom. The minimum absolute atomic E-state index is 0.217. The maximum atomic E-state index is 12.2. The second kappa shape index (κ2) is 6.63. The lowest BCUT2D eigenvalue weighted by molar-refractivity contribution is 0.00808. The van der Waals surface area contributed by atoms with Crippen molar-refractivity contribution >= 4 is 33.1 Å². The molecule has 5 nitrogen and oxygen atoms in total. The van der Waals surface area contributed by atoms with Gasteiger partial charge in [-0.15, -0.1) is 0 Å². The Kier molecular flexibility index (Phi) is 4.84. The van der Waals surface area contributed by atoms with Crippen LogP contribution in [0.1, 0.15) is 52.1 Å². The van der Waals surface area contributed by atoms with Gasteiger partial charge in [0.05, 0.1) is 0 Å². The van der Waals surface area contributed by atoms with Crippen LogP contribution in [0.15, 0.2) is 22.9 Å². The Morgan fingerprint density at radius 3 is 2.68 bits per heavy atom. The van der Waals surface area contributed by atoms with Crippen molar-refractivity contribution in [2.75, 3.05) is 7.05 Å². The van der Waals surface area contributed by atoms with Gasteiger partial charge >= 0.3 is 6.09 Å². The molecule has 0 spiro atoms. The summed E-state index contributed by atoms with van der Waals surface area (Å²) in [6, 6.07) is 4.71. The molecule has 3 rings (SSSR count). The maximum Gasteiger partial charge on any atom is 0.410 e. The first-order valence-electron chi connectivity index (χ1n) is 8.81. The van der Waals surface area contributed by atoms with E-state index in [2.05, 4.69) is 44.7 Å². The molecule has 2 aromatic heterocycles. The van der Waals surface area contributed by atoms with Gasteiger partial charge in [0.2, 0.25) is 0 Å². The molecule has 0 unspecified atom stereocenters. The molecular formula is C19H26BrN3O2. The number of pyridine rings is 1. The highest BCUT2D eigenvalue weighted by molar-refractivity contribution is 9.10. The first-order chi connectivity index (χ1) is 11.7. The fraction of sp³-hybridized carbons (Fsp3) is 0.579. The lowest BCUT2D eigenvalue weighted by Crippen LogP contribution is -2.47. The smallest absolute Gasteiger partial charge is 0.410 e. The van der Waals surface area contributed by atoms with Crippen LogP contribution in [-0.4, -0.2) is 39.2 Å². The third kappa shape index (κ3) is 3.68. The number of aromatic nitrogens is 2. The molecule has 0 atom stereocenters. The number of fused-ring (bicyclic) bond motifs is 1. The summed E-state index contributed by atoms with van der Waals surface area (Å²) in [7, 11) is 1.83. The Balaban J connectivity index is 1.73. The van der Waals surface area contributed by atoms with Gasteiger partial charge in [-0.3, -0.25) is 0 Å². The summed E-state index contributed by atoms with van der Waals surface area (Å²) < 4.78 is 8.59. The van der Waals surface area contributed by atoms with Crippen molar-refractivity contribution < 1.29 is 9.53 Å². The number of hydrogen-bond donors (Lipinski definition) is 0. The minimum Gasteiger partial charge on any atom is -0.444 e. The number of carbonyl (C=O) groups is 1. The molecule has 1 amide bonds. The van der Waals surface area contributed by atoms with Crippen molar-refractivity contribution in [2.45, 2.75) is 64.6 Å². The van der Waals surface area contributed by atoms with Crippen molar-refractivity contribution in [3.05, 3.63) is 28.5 Å². The monoisotopic (exact) mass is 407 g/mol. The van der Waals surface area contributed by atoms with Crippen molar-refractivity contribution in [1.29, 1.82) is 0 Å². The molecule has 136 valence electrons. The van der Waals surface area contributed by atoms with E-state index in [1.807, 2.05) is 33.9 Å². The van der Waals surface area contributed by atoms with E-state index in [0.29, 0.717) is 6.04 Å². The normalized spacial score (nSPS) is 20.4. The second-order valence-corrected chi connectivity index (χ2v) is 8.60. The molecule has 0 aromatic carbocycles. The van der Waals surface area contributed by atoms with E-state index >= 15 is 0 Å². The van der Waals surface area contributed by atoms with E-state index in [4.69, 9.17) is 4.74 Å². The number of carbonyl (C=O) groups excluding carboxylic acids is 1. The molecule has 25 heavy (non-hydrogen) atoms. The highest BCUT2D eigenvalue weighted by atomic mass is 79.9. The fourth-order valence-corrected chi connectivity index (χ4v) is 3.62. The summed E-state index contributed by atoms with van der Waals surface area (Å²) in [5.41, 5.74) is 1.88. The molecular weight excluding hydrogens is 382 g/mol. The average molecular weight is 408 g/mol. The van der Waals surface area contributed by atoms with E-state index in [0.717, 1.165) is 29.5 Å². The van der Waals surface area contributed by atoms with Gasteiger partial charge in [0.25, 0.3) is 0 Å². The van der Waals surface area contributed by atoms with Crippen molar-refractivity contribution in [2.24, 2.45) is 0 Å². The van der Waals surface area contributed by atoms with Gasteiger partial charge in [0, 0.05) is 30.7 Å². The Labute approximate surface area is 157 Å². The summed E-state index contributed by atoms with van der Waals surface area (Å²) in [5, 5.41) is 1.22. The van der Waals surface area contributed by atoms with Crippen LogP contribution >= 0.6 is 15.9 Å². The first kappa shape index (κ1) is 18.2. The molecule has 1 saturated carbocycles. The highest BCUT2D eigenvalue weighted by Crippen LogP contribution is 2.39. The van der Waals surface area contributed by atoms with Crippen molar-refractivity contribution in [1.82, 2.24) is 14.5 Å². The van der Waals surface area contributed by atoms with Gasteiger partial charge in [0.1, 0.15) is 15.9 Å². The molecule has 1 fully saturated rings. The van der Waals surface area contributed by atoms with Gasteiger partial charge < -0.3 is 14.2 Å². The summed E-state index contributed by atoms with van der Waals surface area (Å²) in [4.78, 5) is 18.6. The van der Waals surface area contributed by atoms with Crippen LogP contribution in [0.4, 0.5) is 4.79 Å². The summed E-state index contributed by atoms with van der Waals surface area (Å²) in [6.45, 7) is 7.85. The predicted molar refractivity (Wildman–Crippen MR) is 103 cm³/mol. The van der Waals surface area contributed by atoms with E-state index in [9.17, 15) is 4.79 Å². The molecule has 0 aliphatic heterocycles. The van der Waals surface area contributed by atoms with Crippen LogP contribution in [0.5, 0.6) is 0 Å². The van der Waals surface area contributed by atoms with Crippen molar-refractivity contribution in [3.63, 3.8) is 0 Å². The molecule has 1 aliphatic rings. The zero-order valence-corrected chi connectivity index (χ0v) is 17.1. The number of amides is 1. The van der Waals surface area contributed by atoms with Crippen LogP contribution in [0.25, 0.3) is 11.0 Å². The van der Waals surface area contributed by atoms with Gasteiger partial charge in [-0.2, -0.15) is 0 Å². The largest absolute Gasteiger partial charge is 0.444 e. The van der Waals surface area contributed by atoms with E-state index in [-0.39, 0.29) is 12.1 Å². The Bertz CT molecular complexity index is 788.